The summed E-state index contributed by atoms with van der Waals surface area (Å²) in [5, 5.41) is 4.12. The zero-order valence-corrected chi connectivity index (χ0v) is 18.9. The summed E-state index contributed by atoms with van der Waals surface area (Å²) in [6.07, 6.45) is 6.03. The first-order chi connectivity index (χ1) is 12.1. The SMILES string of the molecule is CCNC(=NCCCCn1ccnc1C)N(C)Cc1cccc(Cl)c1.I. The maximum atomic E-state index is 6.07. The lowest BCUT2D eigenvalue weighted by Gasteiger charge is -2.22. The number of halogens is 2. The van der Waals surface area contributed by atoms with E-state index in [1.54, 1.807) is 0 Å². The Labute approximate surface area is 178 Å². The summed E-state index contributed by atoms with van der Waals surface area (Å²) in [6.45, 7) is 7.57. The Morgan fingerprint density at radius 2 is 2.15 bits per heavy atom. The first-order valence-corrected chi connectivity index (χ1v) is 9.19. The lowest BCUT2D eigenvalue weighted by atomic mass is 10.2. The molecule has 0 atom stereocenters. The Morgan fingerprint density at radius 1 is 1.35 bits per heavy atom. The van der Waals surface area contributed by atoms with Gasteiger partial charge >= 0.3 is 0 Å². The van der Waals surface area contributed by atoms with Crippen molar-refractivity contribution in [3.05, 3.63) is 53.1 Å². The molecule has 0 unspecified atom stereocenters. The first kappa shape index (κ1) is 22.8. The molecule has 0 fully saturated rings. The van der Waals surface area contributed by atoms with Crippen molar-refractivity contribution in [2.24, 2.45) is 4.99 Å². The number of hydrogen-bond donors (Lipinski definition) is 1. The zero-order chi connectivity index (χ0) is 18.1. The fourth-order valence-corrected chi connectivity index (χ4v) is 2.89. The largest absolute Gasteiger partial charge is 0.357 e. The topological polar surface area (TPSA) is 45.5 Å². The molecule has 0 aliphatic rings. The van der Waals surface area contributed by atoms with Gasteiger partial charge in [0.05, 0.1) is 0 Å². The number of guanidine groups is 1. The van der Waals surface area contributed by atoms with E-state index in [4.69, 9.17) is 16.6 Å². The number of rotatable bonds is 8. The van der Waals surface area contributed by atoms with Crippen LogP contribution >= 0.6 is 35.6 Å². The molecule has 7 heteroatoms. The molecule has 1 aromatic heterocycles. The van der Waals surface area contributed by atoms with Crippen LogP contribution in [0.4, 0.5) is 0 Å². The molecule has 5 nitrogen and oxygen atoms in total. The van der Waals surface area contributed by atoms with Gasteiger partial charge in [0.1, 0.15) is 5.82 Å². The molecule has 0 saturated carbocycles. The summed E-state index contributed by atoms with van der Waals surface area (Å²) in [5.74, 6) is 2.00. The highest BCUT2D eigenvalue weighted by Gasteiger charge is 2.06. The van der Waals surface area contributed by atoms with E-state index in [0.717, 1.165) is 55.8 Å². The quantitative estimate of drug-likeness (QED) is 0.260. The second kappa shape index (κ2) is 12.2. The molecule has 26 heavy (non-hydrogen) atoms. The fraction of sp³-hybridized carbons (Fsp3) is 0.474. The van der Waals surface area contributed by atoms with Crippen LogP contribution in [0.1, 0.15) is 31.2 Å². The third-order valence-electron chi connectivity index (χ3n) is 4.00. The van der Waals surface area contributed by atoms with Gasteiger partial charge in [0.2, 0.25) is 0 Å². The van der Waals surface area contributed by atoms with Crippen LogP contribution in [-0.2, 0) is 13.1 Å². The van der Waals surface area contributed by atoms with Crippen LogP contribution in [0.2, 0.25) is 5.02 Å². The lowest BCUT2D eigenvalue weighted by molar-refractivity contribution is 0.475. The van der Waals surface area contributed by atoms with Gasteiger partial charge < -0.3 is 14.8 Å². The summed E-state index contributed by atoms with van der Waals surface area (Å²) >= 11 is 6.07. The van der Waals surface area contributed by atoms with Crippen LogP contribution in [0.15, 0.2) is 41.7 Å². The standard InChI is InChI=1S/C19H28ClN5.HI/c1-4-21-19(24(3)15-17-8-7-9-18(20)14-17)23-10-5-6-12-25-13-11-22-16(25)2;/h7-9,11,13-14H,4-6,10,12,15H2,1-3H3,(H,21,23);1H. The van der Waals surface area contributed by atoms with Gasteiger partial charge in [-0.05, 0) is 44.4 Å². The third-order valence-corrected chi connectivity index (χ3v) is 4.23. The zero-order valence-electron chi connectivity index (χ0n) is 15.8. The van der Waals surface area contributed by atoms with Crippen molar-refractivity contribution in [3.8, 4) is 0 Å². The molecule has 1 aromatic carbocycles. The number of aryl methyl sites for hydroxylation is 2. The molecule has 1 heterocycles. The average molecular weight is 490 g/mol. The van der Waals surface area contributed by atoms with Crippen LogP contribution in [0.3, 0.4) is 0 Å². The Morgan fingerprint density at radius 3 is 2.81 bits per heavy atom. The maximum Gasteiger partial charge on any atom is 0.193 e. The normalized spacial score (nSPS) is 11.2. The molecule has 0 spiro atoms. The first-order valence-electron chi connectivity index (χ1n) is 8.81. The monoisotopic (exact) mass is 489 g/mol. The van der Waals surface area contributed by atoms with Gasteiger partial charge in [-0.1, -0.05) is 23.7 Å². The highest BCUT2D eigenvalue weighted by atomic mass is 127. The van der Waals surface area contributed by atoms with E-state index in [1.807, 2.05) is 37.5 Å². The number of benzene rings is 1. The molecule has 0 amide bonds. The van der Waals surface area contributed by atoms with E-state index in [-0.39, 0.29) is 24.0 Å². The van der Waals surface area contributed by atoms with E-state index in [1.165, 1.54) is 5.56 Å². The molecular weight excluding hydrogens is 461 g/mol. The number of aliphatic imine (C=N–C) groups is 1. The minimum atomic E-state index is 0. The van der Waals surface area contributed by atoms with E-state index in [0.29, 0.717) is 0 Å². The van der Waals surface area contributed by atoms with Gasteiger partial charge in [0, 0.05) is 50.6 Å². The minimum absolute atomic E-state index is 0. The van der Waals surface area contributed by atoms with E-state index < -0.39 is 0 Å². The number of unbranched alkanes of at least 4 members (excludes halogenated alkanes) is 1. The summed E-state index contributed by atoms with van der Waals surface area (Å²) < 4.78 is 2.18. The van der Waals surface area contributed by atoms with Crippen molar-refractivity contribution in [2.75, 3.05) is 20.1 Å². The highest BCUT2D eigenvalue weighted by molar-refractivity contribution is 14.0. The molecule has 0 aliphatic heterocycles. The van der Waals surface area contributed by atoms with Gasteiger partial charge in [0.15, 0.2) is 5.96 Å². The van der Waals surface area contributed by atoms with Gasteiger partial charge in [-0.3, -0.25) is 4.99 Å². The molecule has 144 valence electrons. The van der Waals surface area contributed by atoms with Crippen molar-refractivity contribution in [1.29, 1.82) is 0 Å². The van der Waals surface area contributed by atoms with Gasteiger partial charge in [-0.25, -0.2) is 4.98 Å². The lowest BCUT2D eigenvalue weighted by Crippen LogP contribution is -2.38. The molecule has 0 saturated heterocycles. The highest BCUT2D eigenvalue weighted by Crippen LogP contribution is 2.12. The van der Waals surface area contributed by atoms with E-state index in [2.05, 4.69) is 39.8 Å². The van der Waals surface area contributed by atoms with Crippen molar-refractivity contribution in [2.45, 2.75) is 39.8 Å². The fourth-order valence-electron chi connectivity index (χ4n) is 2.67. The van der Waals surface area contributed by atoms with Crippen LogP contribution < -0.4 is 5.32 Å². The van der Waals surface area contributed by atoms with Crippen LogP contribution in [0.5, 0.6) is 0 Å². The third kappa shape index (κ3) is 7.53. The Balaban J connectivity index is 0.00000338. The van der Waals surface area contributed by atoms with E-state index >= 15 is 0 Å². The van der Waals surface area contributed by atoms with Crippen LogP contribution in [0, 0.1) is 6.92 Å². The summed E-state index contributed by atoms with van der Waals surface area (Å²) in [4.78, 5) is 11.1. The molecule has 0 radical (unpaired) electrons. The molecule has 1 N–H and O–H groups in total. The van der Waals surface area contributed by atoms with E-state index in [9.17, 15) is 0 Å². The van der Waals surface area contributed by atoms with Crippen LogP contribution in [-0.4, -0.2) is 40.5 Å². The number of aromatic nitrogens is 2. The van der Waals surface area contributed by atoms with Gasteiger partial charge in [-0.15, -0.1) is 24.0 Å². The maximum absolute atomic E-state index is 6.07. The Bertz CT molecular complexity index is 686. The van der Waals surface area contributed by atoms with Crippen molar-refractivity contribution in [3.63, 3.8) is 0 Å². The summed E-state index contributed by atoms with van der Waals surface area (Å²) in [6, 6.07) is 7.95. The number of nitrogens with one attached hydrogen (secondary N) is 1. The molecule has 2 rings (SSSR count). The van der Waals surface area contributed by atoms with Gasteiger partial charge in [-0.2, -0.15) is 0 Å². The van der Waals surface area contributed by atoms with Gasteiger partial charge in [0.25, 0.3) is 0 Å². The van der Waals surface area contributed by atoms with Crippen molar-refractivity contribution in [1.82, 2.24) is 19.8 Å². The molecule has 2 aromatic rings. The smallest absolute Gasteiger partial charge is 0.193 e. The average Bonchev–Trinajstić information content (AvgIpc) is 2.98. The minimum Gasteiger partial charge on any atom is -0.357 e. The second-order valence-corrected chi connectivity index (χ2v) is 6.53. The van der Waals surface area contributed by atoms with Crippen LogP contribution in [0.25, 0.3) is 0 Å². The predicted molar refractivity (Wildman–Crippen MR) is 121 cm³/mol. The summed E-state index contributed by atoms with van der Waals surface area (Å²) in [7, 11) is 2.05. The molecule has 0 bridgehead atoms. The summed E-state index contributed by atoms with van der Waals surface area (Å²) in [5.41, 5.74) is 1.18. The molecular formula is C19H29ClIN5. The Hall–Kier alpha value is -1.28. The predicted octanol–water partition coefficient (Wildman–Crippen LogP) is 4.34. The number of hydrogen-bond acceptors (Lipinski definition) is 2. The number of nitrogens with zero attached hydrogens (tertiary/aromatic N) is 4. The molecule has 0 aliphatic carbocycles. The Kier molecular flexibility index (Phi) is 10.7. The van der Waals surface area contributed by atoms with Crippen molar-refractivity contribution >= 4 is 41.5 Å². The number of imidazole rings is 1. The second-order valence-electron chi connectivity index (χ2n) is 6.10. The van der Waals surface area contributed by atoms with Crippen molar-refractivity contribution < 1.29 is 0 Å².